The van der Waals surface area contributed by atoms with Crippen molar-refractivity contribution in [2.75, 3.05) is 20.8 Å². The molecule has 4 nitrogen and oxygen atoms in total. The highest BCUT2D eigenvalue weighted by Gasteiger charge is 2.16. The van der Waals surface area contributed by atoms with Crippen molar-refractivity contribution in [1.29, 1.82) is 0 Å². The fourth-order valence-electron chi connectivity index (χ4n) is 1.75. The smallest absolute Gasteiger partial charge is 0.216 e. The molecule has 0 unspecified atom stereocenters. The van der Waals surface area contributed by atoms with Gasteiger partial charge in [-0.15, -0.1) is 0 Å². The van der Waals surface area contributed by atoms with Gasteiger partial charge in [-0.05, 0) is 18.9 Å². The van der Waals surface area contributed by atoms with E-state index in [4.69, 9.17) is 14.2 Å². The second kappa shape index (κ2) is 4.59. The average Bonchev–Trinajstić information content (AvgIpc) is 2.30. The maximum Gasteiger partial charge on any atom is 0.216 e. The van der Waals surface area contributed by atoms with Crippen LogP contribution in [0.4, 0.5) is 0 Å². The molecule has 82 valence electrons. The first-order valence-corrected chi connectivity index (χ1v) is 5.02. The van der Waals surface area contributed by atoms with Crippen LogP contribution in [0.15, 0.2) is 12.3 Å². The Morgan fingerprint density at radius 2 is 2.20 bits per heavy atom. The summed E-state index contributed by atoms with van der Waals surface area (Å²) in [6.07, 6.45) is 3.45. The minimum absolute atomic E-state index is 0.343. The van der Waals surface area contributed by atoms with Crippen LogP contribution in [0.5, 0.6) is 5.88 Å². The van der Waals surface area contributed by atoms with Gasteiger partial charge in [0.2, 0.25) is 5.88 Å². The van der Waals surface area contributed by atoms with Crippen LogP contribution in [-0.4, -0.2) is 25.8 Å². The van der Waals surface area contributed by atoms with E-state index in [0.717, 1.165) is 36.5 Å². The fourth-order valence-corrected chi connectivity index (χ4v) is 1.75. The number of ether oxygens (including phenoxy) is 3. The van der Waals surface area contributed by atoms with Gasteiger partial charge >= 0.3 is 0 Å². The fraction of sp³-hybridized carbons (Fsp3) is 0.545. The van der Waals surface area contributed by atoms with Gasteiger partial charge in [-0.1, -0.05) is 0 Å². The SMILES string of the molecule is COC(OC)c1cnc2c(c1)CCCO2. The third-order valence-electron chi connectivity index (χ3n) is 2.48. The normalized spacial score (nSPS) is 14.9. The Balaban J connectivity index is 2.27. The lowest BCUT2D eigenvalue weighted by molar-refractivity contribution is -0.106. The number of fused-ring (bicyclic) bond motifs is 1. The van der Waals surface area contributed by atoms with Crippen LogP contribution >= 0.6 is 0 Å². The van der Waals surface area contributed by atoms with Crippen LogP contribution in [-0.2, 0) is 15.9 Å². The molecule has 0 saturated carbocycles. The molecule has 0 amide bonds. The van der Waals surface area contributed by atoms with Crippen LogP contribution in [0.25, 0.3) is 0 Å². The number of pyridine rings is 1. The van der Waals surface area contributed by atoms with E-state index in [2.05, 4.69) is 4.98 Å². The van der Waals surface area contributed by atoms with Crippen molar-refractivity contribution in [3.05, 3.63) is 23.4 Å². The van der Waals surface area contributed by atoms with Gasteiger partial charge in [-0.25, -0.2) is 4.98 Å². The Bertz CT molecular complexity index is 337. The second-order valence-electron chi connectivity index (χ2n) is 3.49. The topological polar surface area (TPSA) is 40.6 Å². The Labute approximate surface area is 89.2 Å². The average molecular weight is 209 g/mol. The summed E-state index contributed by atoms with van der Waals surface area (Å²) in [5.41, 5.74) is 2.07. The molecule has 0 saturated heterocycles. The second-order valence-corrected chi connectivity index (χ2v) is 3.49. The van der Waals surface area contributed by atoms with Crippen LogP contribution in [0.3, 0.4) is 0 Å². The van der Waals surface area contributed by atoms with E-state index in [-0.39, 0.29) is 6.29 Å². The molecule has 2 heterocycles. The number of aryl methyl sites for hydroxylation is 1. The van der Waals surface area contributed by atoms with Gasteiger partial charge in [0.1, 0.15) is 0 Å². The van der Waals surface area contributed by atoms with Gasteiger partial charge in [0.25, 0.3) is 0 Å². The first-order chi connectivity index (χ1) is 7.35. The van der Waals surface area contributed by atoms with Crippen molar-refractivity contribution in [1.82, 2.24) is 4.98 Å². The Kier molecular flexibility index (Phi) is 3.18. The summed E-state index contributed by atoms with van der Waals surface area (Å²) >= 11 is 0. The number of aromatic nitrogens is 1. The summed E-state index contributed by atoms with van der Waals surface area (Å²) in [7, 11) is 3.23. The Hall–Kier alpha value is -1.13. The van der Waals surface area contributed by atoms with Crippen molar-refractivity contribution in [3.8, 4) is 5.88 Å². The predicted octanol–water partition coefficient (Wildman–Crippen LogP) is 1.70. The van der Waals surface area contributed by atoms with Crippen molar-refractivity contribution in [2.24, 2.45) is 0 Å². The highest BCUT2D eigenvalue weighted by molar-refractivity contribution is 5.31. The summed E-state index contributed by atoms with van der Waals surface area (Å²) in [6.45, 7) is 0.761. The number of hydrogen-bond acceptors (Lipinski definition) is 4. The highest BCUT2D eigenvalue weighted by atomic mass is 16.7. The standard InChI is InChI=1S/C11H15NO3/c1-13-11(14-2)9-6-8-4-3-5-15-10(8)12-7-9/h6-7,11H,3-5H2,1-2H3. The van der Waals surface area contributed by atoms with Gasteiger partial charge in [0.05, 0.1) is 6.61 Å². The zero-order chi connectivity index (χ0) is 10.7. The molecule has 0 spiro atoms. The number of methoxy groups -OCH3 is 2. The van der Waals surface area contributed by atoms with E-state index < -0.39 is 0 Å². The summed E-state index contributed by atoms with van der Waals surface area (Å²) < 4.78 is 15.8. The molecule has 0 aliphatic carbocycles. The summed E-state index contributed by atoms with van der Waals surface area (Å²) in [5.74, 6) is 0.746. The summed E-state index contributed by atoms with van der Waals surface area (Å²) in [5, 5.41) is 0. The third-order valence-corrected chi connectivity index (χ3v) is 2.48. The van der Waals surface area contributed by atoms with Gasteiger partial charge in [0.15, 0.2) is 6.29 Å². The molecule has 15 heavy (non-hydrogen) atoms. The third kappa shape index (κ3) is 2.11. The van der Waals surface area contributed by atoms with Gasteiger partial charge in [0, 0.05) is 31.5 Å². The lowest BCUT2D eigenvalue weighted by Crippen LogP contribution is -2.12. The minimum atomic E-state index is -0.343. The van der Waals surface area contributed by atoms with Gasteiger partial charge < -0.3 is 14.2 Å². The highest BCUT2D eigenvalue weighted by Crippen LogP contribution is 2.26. The zero-order valence-electron chi connectivity index (χ0n) is 9.03. The molecule has 0 radical (unpaired) electrons. The van der Waals surface area contributed by atoms with Crippen LogP contribution in [0.2, 0.25) is 0 Å². The van der Waals surface area contributed by atoms with E-state index in [1.165, 1.54) is 0 Å². The van der Waals surface area contributed by atoms with E-state index in [1.54, 1.807) is 20.4 Å². The first kappa shape index (κ1) is 10.4. The molecule has 0 fully saturated rings. The van der Waals surface area contributed by atoms with Crippen molar-refractivity contribution in [2.45, 2.75) is 19.1 Å². The van der Waals surface area contributed by atoms with E-state index >= 15 is 0 Å². The molecular formula is C11H15NO3. The molecule has 1 aromatic heterocycles. The molecular weight excluding hydrogens is 194 g/mol. The Morgan fingerprint density at radius 3 is 2.93 bits per heavy atom. The lowest BCUT2D eigenvalue weighted by Gasteiger charge is -2.19. The molecule has 0 N–H and O–H groups in total. The number of hydrogen-bond donors (Lipinski definition) is 0. The number of rotatable bonds is 3. The van der Waals surface area contributed by atoms with Gasteiger partial charge in [-0.3, -0.25) is 0 Å². The molecule has 0 atom stereocenters. The van der Waals surface area contributed by atoms with Gasteiger partial charge in [-0.2, -0.15) is 0 Å². The summed E-state index contributed by atoms with van der Waals surface area (Å²) in [6, 6.07) is 2.04. The summed E-state index contributed by atoms with van der Waals surface area (Å²) in [4.78, 5) is 4.25. The molecule has 0 bridgehead atoms. The molecule has 1 aliphatic heterocycles. The minimum Gasteiger partial charge on any atom is -0.477 e. The molecule has 0 aromatic carbocycles. The van der Waals surface area contributed by atoms with Crippen molar-refractivity contribution in [3.63, 3.8) is 0 Å². The monoisotopic (exact) mass is 209 g/mol. The molecule has 1 aliphatic rings. The first-order valence-electron chi connectivity index (χ1n) is 5.02. The largest absolute Gasteiger partial charge is 0.477 e. The van der Waals surface area contributed by atoms with Crippen LogP contribution in [0.1, 0.15) is 23.8 Å². The lowest BCUT2D eigenvalue weighted by atomic mass is 10.1. The van der Waals surface area contributed by atoms with E-state index in [0.29, 0.717) is 0 Å². The van der Waals surface area contributed by atoms with E-state index in [9.17, 15) is 0 Å². The molecule has 1 aromatic rings. The Morgan fingerprint density at radius 1 is 1.40 bits per heavy atom. The maximum atomic E-state index is 5.43. The predicted molar refractivity (Wildman–Crippen MR) is 54.8 cm³/mol. The molecule has 2 rings (SSSR count). The number of nitrogens with zero attached hydrogens (tertiary/aromatic N) is 1. The van der Waals surface area contributed by atoms with Crippen LogP contribution < -0.4 is 4.74 Å². The quantitative estimate of drug-likeness (QED) is 0.710. The van der Waals surface area contributed by atoms with Crippen LogP contribution in [0, 0.1) is 0 Å². The molecule has 4 heteroatoms. The zero-order valence-corrected chi connectivity index (χ0v) is 9.03. The maximum absolute atomic E-state index is 5.43. The van der Waals surface area contributed by atoms with Crippen molar-refractivity contribution < 1.29 is 14.2 Å². The van der Waals surface area contributed by atoms with E-state index in [1.807, 2.05) is 6.07 Å². The van der Waals surface area contributed by atoms with Crippen molar-refractivity contribution >= 4 is 0 Å².